The minimum Gasteiger partial charge on any atom is -0.476 e. The van der Waals surface area contributed by atoms with Crippen molar-refractivity contribution in [1.29, 1.82) is 0 Å². The summed E-state index contributed by atoms with van der Waals surface area (Å²) in [5, 5.41) is 10.3. The van der Waals surface area contributed by atoms with Gasteiger partial charge in [0.1, 0.15) is 5.60 Å². The van der Waals surface area contributed by atoms with Gasteiger partial charge in [0, 0.05) is 0 Å². The van der Waals surface area contributed by atoms with Crippen LogP contribution in [0.4, 0.5) is 9.18 Å². The summed E-state index contributed by atoms with van der Waals surface area (Å²) in [6.45, 7) is 6.05. The van der Waals surface area contributed by atoms with Crippen molar-refractivity contribution in [2.45, 2.75) is 33.3 Å². The van der Waals surface area contributed by atoms with E-state index in [9.17, 15) is 14.0 Å². The van der Waals surface area contributed by atoms with Crippen LogP contribution in [0.1, 0.15) is 27.7 Å². The Labute approximate surface area is 86.9 Å². The van der Waals surface area contributed by atoms with E-state index >= 15 is 0 Å². The van der Waals surface area contributed by atoms with Crippen LogP contribution in [0.5, 0.6) is 0 Å². The lowest BCUT2D eigenvalue weighted by molar-refractivity contribution is -0.134. The molecule has 0 aliphatic heterocycles. The highest BCUT2D eigenvalue weighted by Crippen LogP contribution is 2.08. The Bertz CT molecular complexity index is 304. The van der Waals surface area contributed by atoms with Crippen molar-refractivity contribution in [1.82, 2.24) is 5.32 Å². The summed E-state index contributed by atoms with van der Waals surface area (Å²) in [4.78, 5) is 21.3. The number of rotatable bonds is 2. The van der Waals surface area contributed by atoms with Crippen LogP contribution in [-0.4, -0.2) is 22.8 Å². The topological polar surface area (TPSA) is 75.6 Å². The van der Waals surface area contributed by atoms with Crippen molar-refractivity contribution < 1.29 is 23.8 Å². The van der Waals surface area contributed by atoms with Crippen molar-refractivity contribution in [3.05, 3.63) is 11.5 Å². The molecule has 1 amide bonds. The van der Waals surface area contributed by atoms with Gasteiger partial charge in [-0.2, -0.15) is 4.39 Å². The first kappa shape index (κ1) is 13.4. The Morgan fingerprint density at radius 1 is 1.33 bits per heavy atom. The molecule has 5 nitrogen and oxygen atoms in total. The summed E-state index contributed by atoms with van der Waals surface area (Å²) in [6.07, 6.45) is -0.892. The Morgan fingerprint density at radius 3 is 2.13 bits per heavy atom. The average Bonchev–Trinajstić information content (AvgIpc) is 1.98. The van der Waals surface area contributed by atoms with Crippen molar-refractivity contribution in [2.75, 3.05) is 0 Å². The molecule has 0 saturated heterocycles. The molecule has 0 aromatic carbocycles. The van der Waals surface area contributed by atoms with E-state index in [1.807, 2.05) is 5.32 Å². The molecule has 0 radical (unpaired) electrons. The van der Waals surface area contributed by atoms with Crippen molar-refractivity contribution in [3.8, 4) is 0 Å². The number of carbonyl (C=O) groups is 2. The summed E-state index contributed by atoms with van der Waals surface area (Å²) in [6, 6.07) is 0. The highest BCUT2D eigenvalue weighted by atomic mass is 19.1. The second-order valence-electron chi connectivity index (χ2n) is 3.87. The summed E-state index contributed by atoms with van der Waals surface area (Å²) >= 11 is 0. The number of ether oxygens (including phenoxy) is 1. The molecular formula is C9H14FNO4. The van der Waals surface area contributed by atoms with E-state index in [2.05, 4.69) is 0 Å². The summed E-state index contributed by atoms with van der Waals surface area (Å²) < 4.78 is 17.5. The maximum atomic E-state index is 12.7. The normalized spacial score (nSPS) is 12.9. The lowest BCUT2D eigenvalue weighted by atomic mass is 10.2. The van der Waals surface area contributed by atoms with Crippen molar-refractivity contribution in [2.24, 2.45) is 0 Å². The third kappa shape index (κ3) is 5.66. The molecule has 0 aromatic heterocycles. The molecule has 0 aliphatic carbocycles. The van der Waals surface area contributed by atoms with E-state index in [-0.39, 0.29) is 0 Å². The number of carboxylic acids is 1. The molecule has 86 valence electrons. The van der Waals surface area contributed by atoms with Crippen LogP contribution in [0, 0.1) is 0 Å². The van der Waals surface area contributed by atoms with Gasteiger partial charge in [-0.1, -0.05) is 0 Å². The number of nitrogens with one attached hydrogen (secondary N) is 1. The molecule has 0 aromatic rings. The third-order valence-electron chi connectivity index (χ3n) is 1.21. The zero-order chi connectivity index (χ0) is 12.2. The van der Waals surface area contributed by atoms with Gasteiger partial charge in [0.2, 0.25) is 5.83 Å². The number of aliphatic carboxylic acids is 1. The predicted octanol–water partition coefficient (Wildman–Crippen LogP) is 1.80. The lowest BCUT2D eigenvalue weighted by Gasteiger charge is -2.19. The first-order valence-corrected chi connectivity index (χ1v) is 4.23. The largest absolute Gasteiger partial charge is 0.476 e. The van der Waals surface area contributed by atoms with Crippen LogP contribution in [0.25, 0.3) is 0 Å². The average molecular weight is 219 g/mol. The second-order valence-corrected chi connectivity index (χ2v) is 3.87. The van der Waals surface area contributed by atoms with Gasteiger partial charge in [0.15, 0.2) is 0 Å². The minimum atomic E-state index is -1.73. The molecule has 6 heteroatoms. The van der Waals surface area contributed by atoms with Gasteiger partial charge in [0.25, 0.3) is 0 Å². The van der Waals surface area contributed by atoms with Gasteiger partial charge in [-0.05, 0) is 27.7 Å². The van der Waals surface area contributed by atoms with E-state index in [0.29, 0.717) is 0 Å². The SMILES string of the molecule is CC(NC(=O)OC(C)(C)C)=C(F)C(=O)O. The number of carbonyl (C=O) groups excluding carboxylic acids is 1. The Morgan fingerprint density at radius 2 is 1.80 bits per heavy atom. The quantitative estimate of drug-likeness (QED) is 0.694. The number of allylic oxidation sites excluding steroid dienone is 1. The van der Waals surface area contributed by atoms with Gasteiger partial charge >= 0.3 is 12.1 Å². The standard InChI is InChI=1S/C9H14FNO4/c1-5(6(10)7(12)13)11-8(14)15-9(2,3)4/h1-4H3,(H,11,14)(H,12,13). The van der Waals surface area contributed by atoms with E-state index in [1.54, 1.807) is 20.8 Å². The fourth-order valence-corrected chi connectivity index (χ4v) is 0.672. The predicted molar refractivity (Wildman–Crippen MR) is 50.8 cm³/mol. The van der Waals surface area contributed by atoms with Gasteiger partial charge in [-0.25, -0.2) is 9.59 Å². The van der Waals surface area contributed by atoms with Crippen molar-refractivity contribution >= 4 is 12.1 Å². The highest BCUT2D eigenvalue weighted by molar-refractivity contribution is 5.85. The zero-order valence-electron chi connectivity index (χ0n) is 9.05. The molecular weight excluding hydrogens is 205 g/mol. The number of amides is 1. The van der Waals surface area contributed by atoms with E-state index in [1.165, 1.54) is 0 Å². The molecule has 15 heavy (non-hydrogen) atoms. The second kappa shape index (κ2) is 4.77. The first-order valence-electron chi connectivity index (χ1n) is 4.23. The number of alkyl carbamates (subject to hydrolysis) is 1. The maximum Gasteiger partial charge on any atom is 0.411 e. The highest BCUT2D eigenvalue weighted by Gasteiger charge is 2.18. The van der Waals surface area contributed by atoms with Crippen LogP contribution >= 0.6 is 0 Å². The van der Waals surface area contributed by atoms with Crippen LogP contribution in [0.15, 0.2) is 11.5 Å². The molecule has 0 rings (SSSR count). The Kier molecular flexibility index (Phi) is 4.26. The maximum absolute atomic E-state index is 12.7. The monoisotopic (exact) mass is 219 g/mol. The molecule has 0 spiro atoms. The van der Waals surface area contributed by atoms with Crippen LogP contribution in [0.3, 0.4) is 0 Å². The molecule has 0 atom stereocenters. The Hall–Kier alpha value is -1.59. The van der Waals surface area contributed by atoms with Crippen LogP contribution in [-0.2, 0) is 9.53 Å². The van der Waals surface area contributed by atoms with E-state index in [0.717, 1.165) is 6.92 Å². The smallest absolute Gasteiger partial charge is 0.411 e. The van der Waals surface area contributed by atoms with E-state index in [4.69, 9.17) is 9.84 Å². The molecule has 0 saturated carbocycles. The minimum absolute atomic E-state index is 0.392. The third-order valence-corrected chi connectivity index (χ3v) is 1.21. The molecule has 0 heterocycles. The molecule has 0 unspecified atom stereocenters. The number of halogens is 1. The van der Waals surface area contributed by atoms with Gasteiger partial charge < -0.3 is 9.84 Å². The van der Waals surface area contributed by atoms with Crippen LogP contribution in [0.2, 0.25) is 0 Å². The molecule has 0 bridgehead atoms. The summed E-state index contributed by atoms with van der Waals surface area (Å²) in [5.41, 5.74) is -1.11. The number of hydrogen-bond acceptors (Lipinski definition) is 3. The van der Waals surface area contributed by atoms with E-state index < -0.39 is 29.2 Å². The summed E-state index contributed by atoms with van der Waals surface area (Å²) in [5.74, 6) is -3.15. The van der Waals surface area contributed by atoms with Crippen LogP contribution < -0.4 is 5.32 Å². The van der Waals surface area contributed by atoms with Gasteiger partial charge in [-0.15, -0.1) is 0 Å². The molecule has 0 aliphatic rings. The van der Waals surface area contributed by atoms with Gasteiger partial charge in [-0.3, -0.25) is 5.32 Å². The Balaban J connectivity index is 4.44. The number of hydrogen-bond donors (Lipinski definition) is 2. The zero-order valence-corrected chi connectivity index (χ0v) is 9.05. The fourth-order valence-electron chi connectivity index (χ4n) is 0.672. The lowest BCUT2D eigenvalue weighted by Crippen LogP contribution is -2.32. The first-order chi connectivity index (χ1) is 6.63. The number of carboxylic acid groups (broad SMARTS) is 1. The van der Waals surface area contributed by atoms with Gasteiger partial charge in [0.05, 0.1) is 5.70 Å². The molecule has 0 fully saturated rings. The summed E-state index contributed by atoms with van der Waals surface area (Å²) in [7, 11) is 0. The van der Waals surface area contributed by atoms with Crippen molar-refractivity contribution in [3.63, 3.8) is 0 Å². The molecule has 2 N–H and O–H groups in total. The fraction of sp³-hybridized carbons (Fsp3) is 0.556.